The Morgan fingerprint density at radius 1 is 1.16 bits per heavy atom. The number of hydrogen-bond donors (Lipinski definition) is 1. The van der Waals surface area contributed by atoms with E-state index < -0.39 is 0 Å². The Kier molecular flexibility index (Phi) is 6.98. The van der Waals surface area contributed by atoms with Crippen molar-refractivity contribution in [2.24, 2.45) is 0 Å². The molecule has 0 spiro atoms. The topological polar surface area (TPSA) is 83.3 Å². The molecule has 192 valence electrons. The molecule has 7 nitrogen and oxygen atoms in total. The first-order valence-electron chi connectivity index (χ1n) is 12.7. The van der Waals surface area contributed by atoms with Crippen molar-refractivity contribution in [1.82, 2.24) is 9.97 Å². The number of nitriles is 1. The predicted molar refractivity (Wildman–Crippen MR) is 147 cm³/mol. The van der Waals surface area contributed by atoms with Crippen molar-refractivity contribution in [2.75, 3.05) is 37.5 Å². The minimum absolute atomic E-state index is 0.0374. The van der Waals surface area contributed by atoms with Gasteiger partial charge in [-0.25, -0.2) is 9.97 Å². The molecule has 0 unspecified atom stereocenters. The summed E-state index contributed by atoms with van der Waals surface area (Å²) >= 11 is 6.73. The molecule has 2 aromatic carbocycles. The average molecular weight is 518 g/mol. The van der Waals surface area contributed by atoms with Gasteiger partial charge in [-0.1, -0.05) is 25.4 Å². The summed E-state index contributed by atoms with van der Waals surface area (Å²) in [5, 5.41) is 13.7. The smallest absolute Gasteiger partial charge is 0.227 e. The van der Waals surface area contributed by atoms with Gasteiger partial charge in [0.1, 0.15) is 5.75 Å². The van der Waals surface area contributed by atoms with Gasteiger partial charge in [0, 0.05) is 38.0 Å². The second-order valence-electron chi connectivity index (χ2n) is 10.4. The second kappa shape index (κ2) is 10.2. The van der Waals surface area contributed by atoms with Gasteiger partial charge in [0.2, 0.25) is 5.95 Å². The van der Waals surface area contributed by atoms with Crippen molar-refractivity contribution in [3.63, 3.8) is 0 Å². The van der Waals surface area contributed by atoms with Crippen molar-refractivity contribution in [1.29, 1.82) is 5.26 Å². The molecular weight excluding hydrogens is 486 g/mol. The van der Waals surface area contributed by atoms with Crippen molar-refractivity contribution in [3.05, 3.63) is 58.2 Å². The van der Waals surface area contributed by atoms with Crippen molar-refractivity contribution in [2.45, 2.75) is 51.0 Å². The van der Waals surface area contributed by atoms with Crippen LogP contribution in [0.4, 0.5) is 17.3 Å². The minimum Gasteiger partial charge on any atom is -0.494 e. The fourth-order valence-electron chi connectivity index (χ4n) is 5.45. The molecule has 37 heavy (non-hydrogen) atoms. The maximum Gasteiger partial charge on any atom is 0.227 e. The maximum atomic E-state index is 9.79. The highest BCUT2D eigenvalue weighted by Gasteiger charge is 2.32. The van der Waals surface area contributed by atoms with Crippen LogP contribution >= 0.6 is 11.6 Å². The van der Waals surface area contributed by atoms with Gasteiger partial charge in [0.05, 0.1) is 46.9 Å². The zero-order valence-electron chi connectivity index (χ0n) is 21.8. The number of hydrogen-bond acceptors (Lipinski definition) is 7. The molecule has 1 aromatic heterocycles. The summed E-state index contributed by atoms with van der Waals surface area (Å²) in [6.07, 6.45) is 5.91. The number of methoxy groups -OCH3 is 2. The Labute approximate surface area is 223 Å². The molecule has 0 amide bonds. The molecule has 8 heteroatoms. The number of ether oxygens (including phenoxy) is 2. The molecular formula is C29H32ClN5O2. The fraction of sp³-hybridized carbons (Fsp3) is 0.414. The van der Waals surface area contributed by atoms with E-state index in [1.807, 2.05) is 24.3 Å². The number of piperidine rings is 1. The SMILES string of the molecule is COc1cc(N2CCC(OC)CC2)c(Cl)cc1Nc1nccc(-c2cc(C#N)c3c(c2)C(C)(C)CC3)n1. The molecule has 3 aromatic rings. The zero-order chi connectivity index (χ0) is 26.2. The predicted octanol–water partition coefficient (Wildman–Crippen LogP) is 6.26. The van der Waals surface area contributed by atoms with Crippen LogP contribution < -0.4 is 15.0 Å². The first-order valence-corrected chi connectivity index (χ1v) is 13.0. The van der Waals surface area contributed by atoms with E-state index in [-0.39, 0.29) is 5.41 Å². The lowest BCUT2D eigenvalue weighted by molar-refractivity contribution is 0.0819. The van der Waals surface area contributed by atoms with E-state index in [0.29, 0.717) is 28.5 Å². The average Bonchev–Trinajstić information content (AvgIpc) is 3.23. The minimum atomic E-state index is 0.0374. The van der Waals surface area contributed by atoms with E-state index in [4.69, 9.17) is 26.1 Å². The number of nitrogens with one attached hydrogen (secondary N) is 1. The molecule has 0 atom stereocenters. The highest BCUT2D eigenvalue weighted by molar-refractivity contribution is 6.33. The summed E-state index contributed by atoms with van der Waals surface area (Å²) in [5.41, 5.74) is 6.45. The number of rotatable bonds is 6. The summed E-state index contributed by atoms with van der Waals surface area (Å²) in [6.45, 7) is 6.22. The van der Waals surface area contributed by atoms with Crippen LogP contribution in [0.15, 0.2) is 36.5 Å². The number of halogens is 1. The first kappa shape index (κ1) is 25.3. The summed E-state index contributed by atoms with van der Waals surface area (Å²) in [4.78, 5) is 11.5. The van der Waals surface area contributed by atoms with Gasteiger partial charge in [0.15, 0.2) is 0 Å². The molecule has 1 N–H and O–H groups in total. The zero-order valence-corrected chi connectivity index (χ0v) is 22.5. The van der Waals surface area contributed by atoms with Crippen molar-refractivity contribution in [3.8, 4) is 23.1 Å². The number of fused-ring (bicyclic) bond motifs is 1. The van der Waals surface area contributed by atoms with Crippen LogP contribution in [0.25, 0.3) is 11.3 Å². The van der Waals surface area contributed by atoms with E-state index in [0.717, 1.165) is 66.8 Å². The normalized spacial score (nSPS) is 16.8. The molecule has 0 radical (unpaired) electrons. The molecule has 2 aliphatic rings. The van der Waals surface area contributed by atoms with Crippen LogP contribution in [0.1, 0.15) is 49.8 Å². The second-order valence-corrected chi connectivity index (χ2v) is 10.8. The highest BCUT2D eigenvalue weighted by Crippen LogP contribution is 2.42. The number of benzene rings is 2. The molecule has 0 bridgehead atoms. The third-order valence-corrected chi connectivity index (χ3v) is 7.98. The molecule has 2 heterocycles. The van der Waals surface area contributed by atoms with Crippen LogP contribution in [0.5, 0.6) is 5.75 Å². The van der Waals surface area contributed by atoms with Gasteiger partial charge in [-0.05, 0) is 66.5 Å². The van der Waals surface area contributed by atoms with E-state index in [1.165, 1.54) is 5.56 Å². The Bertz CT molecular complexity index is 1360. The van der Waals surface area contributed by atoms with Crippen molar-refractivity contribution < 1.29 is 9.47 Å². The van der Waals surface area contributed by atoms with E-state index in [1.54, 1.807) is 20.4 Å². The molecule has 5 rings (SSSR count). The van der Waals surface area contributed by atoms with Gasteiger partial charge in [-0.3, -0.25) is 0 Å². The van der Waals surface area contributed by atoms with E-state index >= 15 is 0 Å². The van der Waals surface area contributed by atoms with Crippen LogP contribution in [0, 0.1) is 11.3 Å². The van der Waals surface area contributed by atoms with Gasteiger partial charge in [0.25, 0.3) is 0 Å². The summed E-state index contributed by atoms with van der Waals surface area (Å²) in [6, 6.07) is 12.2. The van der Waals surface area contributed by atoms with Crippen molar-refractivity contribution >= 4 is 28.9 Å². The van der Waals surface area contributed by atoms with Crippen LogP contribution in [-0.2, 0) is 16.6 Å². The monoisotopic (exact) mass is 517 g/mol. The van der Waals surface area contributed by atoms with E-state index in [2.05, 4.69) is 41.2 Å². The number of aromatic nitrogens is 2. The largest absolute Gasteiger partial charge is 0.494 e. The van der Waals surface area contributed by atoms with Gasteiger partial charge in [-0.2, -0.15) is 5.26 Å². The molecule has 1 saturated heterocycles. The maximum absolute atomic E-state index is 9.79. The molecule has 1 aliphatic heterocycles. The Morgan fingerprint density at radius 3 is 2.65 bits per heavy atom. The number of anilines is 3. The quantitative estimate of drug-likeness (QED) is 0.413. The summed E-state index contributed by atoms with van der Waals surface area (Å²) < 4.78 is 11.2. The standard InChI is InChI=1S/C29H32ClN5O2/c1-29(2)9-5-21-19(17-31)13-18(14-22(21)29)24-6-10-32-28(33-24)34-25-15-23(30)26(16-27(25)37-4)35-11-7-20(36-3)8-12-35/h6,10,13-16,20H,5,7-9,11-12H2,1-4H3,(H,32,33,34). The number of nitrogens with zero attached hydrogens (tertiary/aromatic N) is 4. The van der Waals surface area contributed by atoms with E-state index in [9.17, 15) is 5.26 Å². The first-order chi connectivity index (χ1) is 17.8. The third-order valence-electron chi connectivity index (χ3n) is 7.68. The Morgan fingerprint density at radius 2 is 1.95 bits per heavy atom. The highest BCUT2D eigenvalue weighted by atomic mass is 35.5. The molecule has 1 fully saturated rings. The van der Waals surface area contributed by atoms with Crippen LogP contribution in [-0.4, -0.2) is 43.4 Å². The third kappa shape index (κ3) is 4.96. The Balaban J connectivity index is 1.43. The van der Waals surface area contributed by atoms with Crippen LogP contribution in [0.2, 0.25) is 5.02 Å². The van der Waals surface area contributed by atoms with Gasteiger partial charge < -0.3 is 19.7 Å². The van der Waals surface area contributed by atoms with Gasteiger partial charge >= 0.3 is 0 Å². The lowest BCUT2D eigenvalue weighted by atomic mass is 9.84. The Hall–Kier alpha value is -3.34. The fourth-order valence-corrected chi connectivity index (χ4v) is 5.73. The molecule has 1 aliphatic carbocycles. The lowest BCUT2D eigenvalue weighted by Gasteiger charge is -2.33. The summed E-state index contributed by atoms with van der Waals surface area (Å²) in [5.74, 6) is 1.09. The van der Waals surface area contributed by atoms with Gasteiger partial charge in [-0.15, -0.1) is 0 Å². The molecule has 0 saturated carbocycles. The lowest BCUT2D eigenvalue weighted by Crippen LogP contribution is -2.36. The summed E-state index contributed by atoms with van der Waals surface area (Å²) in [7, 11) is 3.41. The van der Waals surface area contributed by atoms with Crippen LogP contribution in [0.3, 0.4) is 0 Å².